The number of rotatable bonds is 5. The van der Waals surface area contributed by atoms with Crippen molar-refractivity contribution in [3.63, 3.8) is 0 Å². The third-order valence-corrected chi connectivity index (χ3v) is 5.47. The molecule has 0 fully saturated rings. The van der Waals surface area contributed by atoms with Crippen LogP contribution in [0.2, 0.25) is 5.02 Å². The van der Waals surface area contributed by atoms with Crippen LogP contribution in [0.3, 0.4) is 0 Å². The Kier molecular flexibility index (Phi) is 5.61. The fourth-order valence-electron chi connectivity index (χ4n) is 2.01. The van der Waals surface area contributed by atoms with Crippen LogP contribution in [0.5, 0.6) is 0 Å². The highest BCUT2D eigenvalue weighted by Gasteiger charge is 2.20. The molecule has 1 N–H and O–H groups in total. The van der Waals surface area contributed by atoms with E-state index < -0.39 is 0 Å². The van der Waals surface area contributed by atoms with Crippen LogP contribution in [0.25, 0.3) is 0 Å². The highest BCUT2D eigenvalue weighted by atomic mass is 79.9. The second-order valence-electron chi connectivity index (χ2n) is 4.61. The van der Waals surface area contributed by atoms with E-state index in [4.69, 9.17) is 11.6 Å². The summed E-state index contributed by atoms with van der Waals surface area (Å²) in [4.78, 5) is 2.29. The normalized spacial score (nSPS) is 12.7. The number of thiophene rings is 1. The van der Waals surface area contributed by atoms with Crippen LogP contribution in [0, 0.1) is 12.7 Å². The molecule has 1 heterocycles. The van der Waals surface area contributed by atoms with Gasteiger partial charge in [0.25, 0.3) is 0 Å². The summed E-state index contributed by atoms with van der Waals surface area (Å²) in [5.41, 5.74) is 0.636. The lowest BCUT2D eigenvalue weighted by molar-refractivity contribution is 0.551. The van der Waals surface area contributed by atoms with Gasteiger partial charge in [-0.15, -0.1) is 11.3 Å². The van der Waals surface area contributed by atoms with Gasteiger partial charge in [0.2, 0.25) is 0 Å². The van der Waals surface area contributed by atoms with Crippen molar-refractivity contribution in [2.75, 3.05) is 6.54 Å². The van der Waals surface area contributed by atoms with E-state index in [1.807, 2.05) is 6.92 Å². The Labute approximate surface area is 136 Å². The second kappa shape index (κ2) is 7.03. The predicted molar refractivity (Wildman–Crippen MR) is 88.3 cm³/mol. The zero-order valence-electron chi connectivity index (χ0n) is 11.3. The van der Waals surface area contributed by atoms with Gasteiger partial charge in [0.1, 0.15) is 5.82 Å². The lowest BCUT2D eigenvalue weighted by Crippen LogP contribution is -2.23. The van der Waals surface area contributed by atoms with Gasteiger partial charge in [0.15, 0.2) is 0 Å². The van der Waals surface area contributed by atoms with Crippen molar-refractivity contribution < 1.29 is 4.39 Å². The van der Waals surface area contributed by atoms with Gasteiger partial charge in [0, 0.05) is 24.8 Å². The number of hydrogen-bond donors (Lipinski definition) is 1. The summed E-state index contributed by atoms with van der Waals surface area (Å²) in [6, 6.07) is 6.78. The molecule has 1 nitrogen and oxygen atoms in total. The number of halogens is 3. The number of aryl methyl sites for hydroxylation is 1. The number of benzene rings is 1. The minimum absolute atomic E-state index is 0.137. The first-order valence-corrected chi connectivity index (χ1v) is 8.45. The molecule has 0 aliphatic heterocycles. The average molecular weight is 377 g/mol. The Morgan fingerprint density at radius 1 is 1.40 bits per heavy atom. The van der Waals surface area contributed by atoms with E-state index >= 15 is 0 Å². The summed E-state index contributed by atoms with van der Waals surface area (Å²) in [6.45, 7) is 4.98. The van der Waals surface area contributed by atoms with Crippen LogP contribution >= 0.6 is 38.9 Å². The van der Waals surface area contributed by atoms with E-state index in [1.54, 1.807) is 23.5 Å². The molecule has 2 aromatic rings. The Hall–Kier alpha value is -0.420. The molecular formula is C15H16BrClFNS. The summed E-state index contributed by atoms with van der Waals surface area (Å²) < 4.78 is 15.3. The monoisotopic (exact) mass is 375 g/mol. The van der Waals surface area contributed by atoms with Crippen LogP contribution in [0.1, 0.15) is 34.7 Å². The number of hydrogen-bond acceptors (Lipinski definition) is 2. The van der Waals surface area contributed by atoms with Crippen molar-refractivity contribution in [1.82, 2.24) is 5.32 Å². The third kappa shape index (κ3) is 3.61. The minimum Gasteiger partial charge on any atom is -0.306 e. The molecule has 0 bridgehead atoms. The molecule has 0 aliphatic carbocycles. The predicted octanol–water partition coefficient (Wildman–Crippen LogP) is 5.70. The van der Waals surface area contributed by atoms with E-state index in [-0.39, 0.29) is 11.9 Å². The summed E-state index contributed by atoms with van der Waals surface area (Å²) in [7, 11) is 0. The fourth-order valence-corrected chi connectivity index (χ4v) is 3.83. The zero-order chi connectivity index (χ0) is 14.7. The van der Waals surface area contributed by atoms with Crippen LogP contribution < -0.4 is 5.32 Å². The van der Waals surface area contributed by atoms with E-state index in [0.29, 0.717) is 10.6 Å². The van der Waals surface area contributed by atoms with Crippen molar-refractivity contribution in [3.8, 4) is 0 Å². The molecule has 1 aromatic heterocycles. The largest absolute Gasteiger partial charge is 0.306 e. The van der Waals surface area contributed by atoms with E-state index in [0.717, 1.165) is 22.3 Å². The standard InChI is InChI=1S/C15H16BrClFNS/c1-3-6-19-15(14-8-12(16)9(2)20-14)11-5-4-10(17)7-13(11)18/h4-5,7-8,15,19H,3,6H2,1-2H3. The first-order valence-electron chi connectivity index (χ1n) is 6.47. The second-order valence-corrected chi connectivity index (χ2v) is 7.18. The van der Waals surface area contributed by atoms with Crippen LogP contribution in [0.15, 0.2) is 28.7 Å². The molecule has 1 aromatic carbocycles. The molecule has 0 spiro atoms. The van der Waals surface area contributed by atoms with Crippen molar-refractivity contribution in [1.29, 1.82) is 0 Å². The lowest BCUT2D eigenvalue weighted by atomic mass is 10.0. The van der Waals surface area contributed by atoms with E-state index in [9.17, 15) is 4.39 Å². The molecule has 0 radical (unpaired) electrons. The molecule has 5 heteroatoms. The minimum atomic E-state index is -0.270. The molecule has 1 unspecified atom stereocenters. The van der Waals surface area contributed by atoms with Gasteiger partial charge in [-0.05, 0) is 54.0 Å². The Bertz CT molecular complexity index is 580. The first kappa shape index (κ1) is 16.0. The fraction of sp³-hybridized carbons (Fsp3) is 0.333. The Balaban J connectivity index is 2.41. The van der Waals surface area contributed by atoms with Crippen molar-refractivity contribution in [3.05, 3.63) is 54.9 Å². The van der Waals surface area contributed by atoms with Gasteiger partial charge in [-0.3, -0.25) is 0 Å². The summed E-state index contributed by atoms with van der Waals surface area (Å²) in [6.07, 6.45) is 0.997. The van der Waals surface area contributed by atoms with Crippen LogP contribution in [0.4, 0.5) is 4.39 Å². The molecule has 0 saturated heterocycles. The van der Waals surface area contributed by atoms with Gasteiger partial charge in [-0.2, -0.15) is 0 Å². The van der Waals surface area contributed by atoms with E-state index in [2.05, 4.69) is 34.2 Å². The van der Waals surface area contributed by atoms with Gasteiger partial charge < -0.3 is 5.32 Å². The lowest BCUT2D eigenvalue weighted by Gasteiger charge is -2.18. The molecule has 0 saturated carbocycles. The van der Waals surface area contributed by atoms with Gasteiger partial charge >= 0.3 is 0 Å². The van der Waals surface area contributed by atoms with Gasteiger partial charge in [-0.25, -0.2) is 4.39 Å². The molecule has 2 rings (SSSR count). The summed E-state index contributed by atoms with van der Waals surface area (Å²) >= 11 is 11.0. The quantitative estimate of drug-likeness (QED) is 0.705. The molecule has 1 atom stereocenters. The Morgan fingerprint density at radius 3 is 2.70 bits per heavy atom. The summed E-state index contributed by atoms with van der Waals surface area (Å²) in [5.74, 6) is -0.270. The maximum absolute atomic E-state index is 14.2. The zero-order valence-corrected chi connectivity index (χ0v) is 14.5. The highest BCUT2D eigenvalue weighted by molar-refractivity contribution is 9.10. The van der Waals surface area contributed by atoms with Crippen molar-refractivity contribution in [2.45, 2.75) is 26.3 Å². The summed E-state index contributed by atoms with van der Waals surface area (Å²) in [5, 5.41) is 3.83. The van der Waals surface area contributed by atoms with Gasteiger partial charge in [-0.1, -0.05) is 24.6 Å². The maximum atomic E-state index is 14.2. The van der Waals surface area contributed by atoms with Crippen LogP contribution in [-0.4, -0.2) is 6.54 Å². The van der Waals surface area contributed by atoms with E-state index in [1.165, 1.54) is 10.9 Å². The highest BCUT2D eigenvalue weighted by Crippen LogP contribution is 2.35. The molecule has 0 amide bonds. The smallest absolute Gasteiger partial charge is 0.129 e. The molecule has 20 heavy (non-hydrogen) atoms. The van der Waals surface area contributed by atoms with Crippen molar-refractivity contribution >= 4 is 38.9 Å². The molecular weight excluding hydrogens is 361 g/mol. The van der Waals surface area contributed by atoms with Crippen LogP contribution in [-0.2, 0) is 0 Å². The number of nitrogens with one attached hydrogen (secondary N) is 1. The average Bonchev–Trinajstić information content (AvgIpc) is 2.72. The molecule has 0 aliphatic rings. The topological polar surface area (TPSA) is 12.0 Å². The first-order chi connectivity index (χ1) is 9.52. The third-order valence-electron chi connectivity index (χ3n) is 3.03. The van der Waals surface area contributed by atoms with Crippen molar-refractivity contribution in [2.24, 2.45) is 0 Å². The molecule has 108 valence electrons. The van der Waals surface area contributed by atoms with Gasteiger partial charge in [0.05, 0.1) is 6.04 Å². The maximum Gasteiger partial charge on any atom is 0.129 e. The SMILES string of the molecule is CCCNC(c1cc(Br)c(C)s1)c1ccc(Cl)cc1F. The Morgan fingerprint density at radius 2 is 2.15 bits per heavy atom.